The predicted molar refractivity (Wildman–Crippen MR) is 117 cm³/mol. The van der Waals surface area contributed by atoms with Crippen molar-refractivity contribution < 1.29 is 9.84 Å². The Hall–Kier alpha value is -3.06. The second-order valence-corrected chi connectivity index (χ2v) is 8.29. The van der Waals surface area contributed by atoms with Crippen molar-refractivity contribution in [3.05, 3.63) is 60.4 Å². The van der Waals surface area contributed by atoms with Crippen molar-refractivity contribution in [3.8, 4) is 0 Å². The summed E-state index contributed by atoms with van der Waals surface area (Å²) in [7, 11) is 1.94. The fraction of sp³-hybridized carbons (Fsp3) is 0.391. The molecule has 0 bridgehead atoms. The fourth-order valence-electron chi connectivity index (χ4n) is 4.44. The predicted octanol–water partition coefficient (Wildman–Crippen LogP) is 4.00. The molecule has 2 aliphatic rings. The zero-order valence-corrected chi connectivity index (χ0v) is 17.3. The van der Waals surface area contributed by atoms with Crippen molar-refractivity contribution >= 4 is 22.3 Å². The molecule has 1 aliphatic heterocycles. The van der Waals surface area contributed by atoms with Gasteiger partial charge in [0.15, 0.2) is 0 Å². The molecule has 5 rings (SSSR count). The number of pyridine rings is 1. The molecule has 0 spiro atoms. The Morgan fingerprint density at radius 1 is 1.17 bits per heavy atom. The number of ether oxygens (including phenoxy) is 1. The highest BCUT2D eigenvalue weighted by Crippen LogP contribution is 2.40. The van der Waals surface area contributed by atoms with Crippen LogP contribution in [0, 0.1) is 6.92 Å². The van der Waals surface area contributed by atoms with Gasteiger partial charge in [0.05, 0.1) is 23.0 Å². The van der Waals surface area contributed by atoms with E-state index in [0.717, 1.165) is 59.2 Å². The second-order valence-electron chi connectivity index (χ2n) is 8.29. The number of fused-ring (bicyclic) bond motifs is 1. The maximum Gasteiger partial charge on any atom is 0.202 e. The summed E-state index contributed by atoms with van der Waals surface area (Å²) < 4.78 is 7.82. The van der Waals surface area contributed by atoms with Gasteiger partial charge in [0.1, 0.15) is 6.26 Å². The Labute approximate surface area is 176 Å². The summed E-state index contributed by atoms with van der Waals surface area (Å²) in [4.78, 5) is 6.47. The Kier molecular flexibility index (Phi) is 4.83. The first-order valence-corrected chi connectivity index (χ1v) is 10.5. The van der Waals surface area contributed by atoms with Crippen molar-refractivity contribution in [1.29, 1.82) is 0 Å². The zero-order valence-electron chi connectivity index (χ0n) is 17.3. The van der Waals surface area contributed by atoms with Crippen LogP contribution >= 0.6 is 0 Å². The summed E-state index contributed by atoms with van der Waals surface area (Å²) >= 11 is 0. The van der Waals surface area contributed by atoms with Crippen LogP contribution in [0.3, 0.4) is 0 Å². The lowest BCUT2D eigenvalue weighted by Gasteiger charge is -2.31. The third-order valence-corrected chi connectivity index (χ3v) is 5.96. The molecule has 1 atom stereocenters. The maximum atomic E-state index is 9.87. The summed E-state index contributed by atoms with van der Waals surface area (Å²) in [5, 5.41) is 19.3. The maximum absolute atomic E-state index is 9.87. The minimum absolute atomic E-state index is 0.171. The molecule has 1 unspecified atom stereocenters. The number of aliphatic hydroxyl groups excluding tert-OH is 1. The second kappa shape index (κ2) is 7.65. The smallest absolute Gasteiger partial charge is 0.202 e. The molecular weight excluding hydrogens is 378 g/mol. The van der Waals surface area contributed by atoms with Gasteiger partial charge >= 0.3 is 0 Å². The molecule has 7 nitrogen and oxygen atoms in total. The quantitative estimate of drug-likeness (QED) is 0.683. The average molecular weight is 406 g/mol. The highest BCUT2D eigenvalue weighted by Gasteiger charge is 2.28. The van der Waals surface area contributed by atoms with Crippen molar-refractivity contribution in [2.75, 3.05) is 10.2 Å². The molecule has 1 aromatic carbocycles. The molecule has 2 aromatic heterocycles. The minimum Gasteiger partial charge on any atom is -0.472 e. The standard InChI is InChI=1S/C23H27N5O2/c1-15-11-16(7-8-24-15)23-28(9-10-30-23)22-12-17-14-27(2)26-20(17)13-21(22)25-18-3-5-19(29)6-4-18/h7-14,18-19,23,25,29H,3-6H2,1-2H3/t18-,19-,23?. The summed E-state index contributed by atoms with van der Waals surface area (Å²) in [6, 6.07) is 8.68. The number of aryl methyl sites for hydroxylation is 2. The third-order valence-electron chi connectivity index (χ3n) is 5.96. The molecule has 0 amide bonds. The Morgan fingerprint density at radius 2 is 2.00 bits per heavy atom. The molecule has 3 aromatic rings. The van der Waals surface area contributed by atoms with Gasteiger partial charge in [-0.1, -0.05) is 0 Å². The summed E-state index contributed by atoms with van der Waals surface area (Å²) in [5.41, 5.74) is 5.07. The molecule has 1 aliphatic carbocycles. The highest BCUT2D eigenvalue weighted by molar-refractivity contribution is 5.90. The van der Waals surface area contributed by atoms with Crippen LogP contribution in [0.25, 0.3) is 10.9 Å². The number of aliphatic hydroxyl groups is 1. The van der Waals surface area contributed by atoms with E-state index >= 15 is 0 Å². The van der Waals surface area contributed by atoms with Crippen LogP contribution in [0.2, 0.25) is 0 Å². The largest absolute Gasteiger partial charge is 0.472 e. The normalized spacial score (nSPS) is 23.7. The highest BCUT2D eigenvalue weighted by atomic mass is 16.5. The van der Waals surface area contributed by atoms with Crippen LogP contribution in [0.5, 0.6) is 0 Å². The van der Waals surface area contributed by atoms with E-state index < -0.39 is 0 Å². The van der Waals surface area contributed by atoms with Crippen LogP contribution in [-0.2, 0) is 11.8 Å². The van der Waals surface area contributed by atoms with Crippen LogP contribution in [0.15, 0.2) is 49.1 Å². The SMILES string of the molecule is Cc1cc(C2OC=CN2c2cc3cn(C)nc3cc2N[C@H]2CC[C@H](O)CC2)ccn1. The molecule has 156 valence electrons. The third kappa shape index (κ3) is 3.61. The summed E-state index contributed by atoms with van der Waals surface area (Å²) in [6.45, 7) is 1.99. The van der Waals surface area contributed by atoms with Crippen LogP contribution < -0.4 is 10.2 Å². The van der Waals surface area contributed by atoms with E-state index in [9.17, 15) is 5.11 Å². The van der Waals surface area contributed by atoms with Gasteiger partial charge in [0, 0.05) is 48.3 Å². The molecular formula is C23H27N5O2. The number of anilines is 2. The van der Waals surface area contributed by atoms with E-state index in [1.54, 1.807) is 6.26 Å². The monoisotopic (exact) mass is 405 g/mol. The average Bonchev–Trinajstić information content (AvgIpc) is 3.34. The summed E-state index contributed by atoms with van der Waals surface area (Å²) in [6.07, 6.45) is 10.8. The fourth-order valence-corrected chi connectivity index (χ4v) is 4.44. The van der Waals surface area contributed by atoms with E-state index in [4.69, 9.17) is 4.74 Å². The number of nitrogens with zero attached hydrogens (tertiary/aromatic N) is 4. The first-order valence-electron chi connectivity index (χ1n) is 10.5. The number of aromatic nitrogens is 3. The lowest BCUT2D eigenvalue weighted by atomic mass is 9.93. The van der Waals surface area contributed by atoms with E-state index in [1.165, 1.54) is 0 Å². The van der Waals surface area contributed by atoms with E-state index in [1.807, 2.05) is 43.3 Å². The molecule has 30 heavy (non-hydrogen) atoms. The first-order chi connectivity index (χ1) is 14.6. The van der Waals surface area contributed by atoms with Crippen LogP contribution in [0.4, 0.5) is 11.4 Å². The van der Waals surface area contributed by atoms with Gasteiger partial charge in [-0.2, -0.15) is 5.10 Å². The molecule has 1 fully saturated rings. The molecule has 3 heterocycles. The lowest BCUT2D eigenvalue weighted by molar-refractivity contribution is 0.126. The van der Waals surface area contributed by atoms with Crippen molar-refractivity contribution in [3.63, 3.8) is 0 Å². The number of benzene rings is 1. The van der Waals surface area contributed by atoms with Gasteiger partial charge in [-0.05, 0) is 56.9 Å². The Bertz CT molecular complexity index is 1080. The van der Waals surface area contributed by atoms with E-state index in [-0.39, 0.29) is 12.3 Å². The molecule has 2 N–H and O–H groups in total. The molecule has 0 saturated heterocycles. The van der Waals surface area contributed by atoms with Gasteiger partial charge in [-0.15, -0.1) is 0 Å². The molecule has 0 radical (unpaired) electrons. The number of rotatable bonds is 4. The van der Waals surface area contributed by atoms with Gasteiger partial charge < -0.3 is 20.1 Å². The van der Waals surface area contributed by atoms with Gasteiger partial charge in [0.2, 0.25) is 6.23 Å². The number of hydrogen-bond acceptors (Lipinski definition) is 6. The van der Waals surface area contributed by atoms with Crippen molar-refractivity contribution in [1.82, 2.24) is 14.8 Å². The van der Waals surface area contributed by atoms with Gasteiger partial charge in [-0.3, -0.25) is 9.67 Å². The molecule has 7 heteroatoms. The zero-order chi connectivity index (χ0) is 20.7. The van der Waals surface area contributed by atoms with Crippen molar-refractivity contribution in [2.45, 2.75) is 51.0 Å². The number of nitrogens with one attached hydrogen (secondary N) is 1. The Balaban J connectivity index is 1.53. The summed E-state index contributed by atoms with van der Waals surface area (Å²) in [5.74, 6) is 0. The van der Waals surface area contributed by atoms with Gasteiger partial charge in [0.25, 0.3) is 0 Å². The molecule has 1 saturated carbocycles. The van der Waals surface area contributed by atoms with Crippen LogP contribution in [0.1, 0.15) is 43.2 Å². The van der Waals surface area contributed by atoms with E-state index in [0.29, 0.717) is 6.04 Å². The topological polar surface area (TPSA) is 75.4 Å². The lowest BCUT2D eigenvalue weighted by Crippen LogP contribution is -2.29. The van der Waals surface area contributed by atoms with Gasteiger partial charge in [-0.25, -0.2) is 0 Å². The first kappa shape index (κ1) is 18.9. The van der Waals surface area contributed by atoms with E-state index in [2.05, 4.69) is 38.5 Å². The Morgan fingerprint density at radius 3 is 2.80 bits per heavy atom. The van der Waals surface area contributed by atoms with Crippen molar-refractivity contribution in [2.24, 2.45) is 7.05 Å². The number of hydrogen-bond donors (Lipinski definition) is 2. The minimum atomic E-state index is -0.241. The van der Waals surface area contributed by atoms with Crippen LogP contribution in [-0.4, -0.2) is 32.0 Å².